The molecule has 2 saturated carbocycles. The molecule has 1 aromatic rings. The average Bonchev–Trinajstić information content (AvgIpc) is 2.72. The van der Waals surface area contributed by atoms with Crippen molar-refractivity contribution < 1.29 is 17.9 Å². The Morgan fingerprint density at radius 2 is 1.86 bits per heavy atom. The number of rotatable bonds is 3. The molecule has 0 aliphatic heterocycles. The summed E-state index contributed by atoms with van der Waals surface area (Å²) in [4.78, 5) is 0. The molecule has 0 bridgehead atoms. The Balaban J connectivity index is 1.73. The smallest absolute Gasteiger partial charge is 0.406 e. The third-order valence-electron chi connectivity index (χ3n) is 5.02. The molecule has 21 heavy (non-hydrogen) atoms. The molecule has 2 aliphatic carbocycles. The van der Waals surface area contributed by atoms with E-state index in [4.69, 9.17) is 5.73 Å². The average molecular weight is 299 g/mol. The first-order valence-electron chi connectivity index (χ1n) is 7.55. The van der Waals surface area contributed by atoms with Gasteiger partial charge in [0.1, 0.15) is 5.75 Å². The monoisotopic (exact) mass is 299 g/mol. The minimum absolute atomic E-state index is 0.124. The summed E-state index contributed by atoms with van der Waals surface area (Å²) in [7, 11) is 0. The maximum absolute atomic E-state index is 12.3. The van der Waals surface area contributed by atoms with Crippen LogP contribution in [-0.2, 0) is 0 Å². The standard InChI is InChI=1S/C16H20F3NO/c17-16(18,19)21-11-4-1-3-10(9-11)12-7-8-13(12)14-5-2-6-15(14)20/h1,3-4,9,12-15H,2,5-8,20H2. The van der Waals surface area contributed by atoms with Crippen LogP contribution in [0.3, 0.4) is 0 Å². The van der Waals surface area contributed by atoms with E-state index in [1.807, 2.05) is 6.07 Å². The molecule has 0 amide bonds. The minimum atomic E-state index is -4.63. The second kappa shape index (κ2) is 5.52. The van der Waals surface area contributed by atoms with Gasteiger partial charge in [0.05, 0.1) is 0 Å². The summed E-state index contributed by atoms with van der Waals surface area (Å²) in [6.07, 6.45) is 0.931. The van der Waals surface area contributed by atoms with Gasteiger partial charge in [-0.1, -0.05) is 18.6 Å². The zero-order valence-corrected chi connectivity index (χ0v) is 11.8. The summed E-state index contributed by atoms with van der Waals surface area (Å²) in [5.74, 6) is 1.25. The predicted molar refractivity (Wildman–Crippen MR) is 73.9 cm³/mol. The first kappa shape index (κ1) is 14.7. The van der Waals surface area contributed by atoms with Gasteiger partial charge in [0.15, 0.2) is 0 Å². The van der Waals surface area contributed by atoms with Crippen molar-refractivity contribution in [3.8, 4) is 5.75 Å². The molecule has 0 heterocycles. The van der Waals surface area contributed by atoms with Crippen LogP contribution in [0, 0.1) is 11.8 Å². The maximum atomic E-state index is 12.3. The minimum Gasteiger partial charge on any atom is -0.406 e. The molecule has 2 nitrogen and oxygen atoms in total. The molecule has 4 atom stereocenters. The van der Waals surface area contributed by atoms with Gasteiger partial charge in [-0.3, -0.25) is 0 Å². The van der Waals surface area contributed by atoms with E-state index in [-0.39, 0.29) is 11.8 Å². The fraction of sp³-hybridized carbons (Fsp3) is 0.625. The van der Waals surface area contributed by atoms with Crippen molar-refractivity contribution in [3.05, 3.63) is 29.8 Å². The summed E-state index contributed by atoms with van der Waals surface area (Å²) in [6.45, 7) is 0. The van der Waals surface area contributed by atoms with Crippen LogP contribution in [0.1, 0.15) is 43.6 Å². The zero-order chi connectivity index (χ0) is 15.0. The van der Waals surface area contributed by atoms with E-state index in [1.54, 1.807) is 6.07 Å². The molecule has 116 valence electrons. The van der Waals surface area contributed by atoms with Crippen LogP contribution in [0.15, 0.2) is 24.3 Å². The second-order valence-corrected chi connectivity index (χ2v) is 6.23. The summed E-state index contributed by atoms with van der Waals surface area (Å²) in [6, 6.07) is 6.69. The van der Waals surface area contributed by atoms with Crippen LogP contribution in [0.2, 0.25) is 0 Å². The van der Waals surface area contributed by atoms with E-state index < -0.39 is 6.36 Å². The Morgan fingerprint density at radius 1 is 1.05 bits per heavy atom. The predicted octanol–water partition coefficient (Wildman–Crippen LogP) is 4.21. The van der Waals surface area contributed by atoms with Crippen molar-refractivity contribution in [2.45, 2.75) is 50.4 Å². The van der Waals surface area contributed by atoms with Crippen LogP contribution >= 0.6 is 0 Å². The van der Waals surface area contributed by atoms with Crippen LogP contribution in [0.25, 0.3) is 0 Å². The van der Waals surface area contributed by atoms with Gasteiger partial charge in [-0.25, -0.2) is 0 Å². The van der Waals surface area contributed by atoms with Crippen LogP contribution in [0.5, 0.6) is 5.75 Å². The van der Waals surface area contributed by atoms with Crippen molar-refractivity contribution in [2.24, 2.45) is 17.6 Å². The molecular weight excluding hydrogens is 279 g/mol. The zero-order valence-electron chi connectivity index (χ0n) is 11.8. The van der Waals surface area contributed by atoms with E-state index in [0.717, 1.165) is 31.2 Å². The van der Waals surface area contributed by atoms with Gasteiger partial charge >= 0.3 is 6.36 Å². The normalized spacial score (nSPS) is 32.8. The first-order valence-corrected chi connectivity index (χ1v) is 7.55. The Bertz CT molecular complexity index is 503. The van der Waals surface area contributed by atoms with E-state index in [2.05, 4.69) is 4.74 Å². The SMILES string of the molecule is NC1CCCC1C1CCC1c1cccc(OC(F)(F)F)c1. The number of benzene rings is 1. The van der Waals surface area contributed by atoms with E-state index in [9.17, 15) is 13.2 Å². The third kappa shape index (κ3) is 3.18. The van der Waals surface area contributed by atoms with Gasteiger partial charge in [-0.2, -0.15) is 0 Å². The third-order valence-corrected chi connectivity index (χ3v) is 5.02. The fourth-order valence-corrected chi connectivity index (χ4v) is 3.94. The van der Waals surface area contributed by atoms with Crippen molar-refractivity contribution >= 4 is 0 Å². The van der Waals surface area contributed by atoms with Crippen molar-refractivity contribution in [1.82, 2.24) is 0 Å². The molecule has 0 radical (unpaired) electrons. The lowest BCUT2D eigenvalue weighted by Gasteiger charge is -2.42. The van der Waals surface area contributed by atoms with Crippen molar-refractivity contribution in [3.63, 3.8) is 0 Å². The second-order valence-electron chi connectivity index (χ2n) is 6.23. The number of alkyl halides is 3. The Morgan fingerprint density at radius 3 is 2.43 bits per heavy atom. The molecular formula is C16H20F3NO. The van der Waals surface area contributed by atoms with Gasteiger partial charge < -0.3 is 10.5 Å². The summed E-state index contributed by atoms with van der Waals surface area (Å²) in [5, 5.41) is 0. The molecule has 0 aromatic heterocycles. The Kier molecular flexibility index (Phi) is 3.86. The highest BCUT2D eigenvalue weighted by Gasteiger charge is 2.42. The molecule has 3 rings (SSSR count). The molecule has 2 aliphatic rings. The largest absolute Gasteiger partial charge is 0.573 e. The first-order chi connectivity index (χ1) is 9.94. The number of halogens is 3. The van der Waals surface area contributed by atoms with Crippen LogP contribution < -0.4 is 10.5 Å². The van der Waals surface area contributed by atoms with Crippen molar-refractivity contribution in [1.29, 1.82) is 0 Å². The number of nitrogens with two attached hydrogens (primary N) is 1. The maximum Gasteiger partial charge on any atom is 0.573 e. The highest BCUT2D eigenvalue weighted by atomic mass is 19.4. The quantitative estimate of drug-likeness (QED) is 0.907. The number of hydrogen-bond donors (Lipinski definition) is 1. The van der Waals surface area contributed by atoms with Gasteiger partial charge in [-0.15, -0.1) is 13.2 Å². The van der Waals surface area contributed by atoms with Gasteiger partial charge in [0.25, 0.3) is 0 Å². The van der Waals surface area contributed by atoms with Crippen molar-refractivity contribution in [2.75, 3.05) is 0 Å². The van der Waals surface area contributed by atoms with E-state index in [1.165, 1.54) is 18.6 Å². The van der Waals surface area contributed by atoms with E-state index >= 15 is 0 Å². The molecule has 2 N–H and O–H groups in total. The Labute approximate surface area is 122 Å². The fourth-order valence-electron chi connectivity index (χ4n) is 3.94. The molecule has 0 spiro atoms. The highest BCUT2D eigenvalue weighted by molar-refractivity contribution is 5.33. The van der Waals surface area contributed by atoms with Crippen LogP contribution in [-0.4, -0.2) is 12.4 Å². The summed E-state index contributed by atoms with van der Waals surface area (Å²) >= 11 is 0. The number of hydrogen-bond acceptors (Lipinski definition) is 2. The lowest BCUT2D eigenvalue weighted by atomic mass is 9.63. The number of ether oxygens (including phenoxy) is 1. The lowest BCUT2D eigenvalue weighted by Crippen LogP contribution is -2.38. The lowest BCUT2D eigenvalue weighted by molar-refractivity contribution is -0.274. The molecule has 5 heteroatoms. The molecule has 1 aromatic carbocycles. The highest BCUT2D eigenvalue weighted by Crippen LogP contribution is 2.51. The Hall–Kier alpha value is -1.23. The van der Waals surface area contributed by atoms with Gasteiger partial charge in [-0.05, 0) is 61.1 Å². The van der Waals surface area contributed by atoms with E-state index in [0.29, 0.717) is 17.8 Å². The summed E-state index contributed by atoms with van der Waals surface area (Å²) in [5.41, 5.74) is 7.12. The summed E-state index contributed by atoms with van der Waals surface area (Å²) < 4.78 is 40.9. The van der Waals surface area contributed by atoms with Gasteiger partial charge in [0.2, 0.25) is 0 Å². The molecule has 2 fully saturated rings. The molecule has 4 unspecified atom stereocenters. The van der Waals surface area contributed by atoms with Crippen LogP contribution in [0.4, 0.5) is 13.2 Å². The molecule has 0 saturated heterocycles. The topological polar surface area (TPSA) is 35.2 Å². The van der Waals surface area contributed by atoms with Gasteiger partial charge in [0, 0.05) is 6.04 Å².